The Balaban J connectivity index is 1.62. The molecule has 0 aliphatic carbocycles. The fourth-order valence-electron chi connectivity index (χ4n) is 2.62. The van der Waals surface area contributed by atoms with Crippen LogP contribution in [0.15, 0.2) is 53.7 Å². The predicted octanol–water partition coefficient (Wildman–Crippen LogP) is 4.75. The summed E-state index contributed by atoms with van der Waals surface area (Å²) in [5.74, 6) is 1.67. The van der Waals surface area contributed by atoms with Gasteiger partial charge < -0.3 is 14.6 Å². The van der Waals surface area contributed by atoms with E-state index in [1.165, 1.54) is 11.8 Å². The van der Waals surface area contributed by atoms with Crippen LogP contribution >= 0.6 is 23.4 Å². The van der Waals surface area contributed by atoms with Crippen LogP contribution in [0.3, 0.4) is 0 Å². The highest BCUT2D eigenvalue weighted by molar-refractivity contribution is 7.99. The first-order valence-corrected chi connectivity index (χ1v) is 10.3. The maximum Gasteiger partial charge on any atom is 0.234 e. The molecule has 3 rings (SSSR count). The first-order valence-electron chi connectivity index (χ1n) is 8.95. The minimum atomic E-state index is -0.104. The third kappa shape index (κ3) is 5.05. The van der Waals surface area contributed by atoms with Gasteiger partial charge in [-0.25, -0.2) is 0 Å². The van der Waals surface area contributed by atoms with E-state index in [1.54, 1.807) is 0 Å². The number of carbonyl (C=O) groups excluding carboxylic acids is 1. The third-order valence-corrected chi connectivity index (χ3v) is 5.14. The van der Waals surface area contributed by atoms with Crippen LogP contribution in [-0.4, -0.2) is 33.0 Å². The number of amides is 1. The number of anilines is 1. The number of benzene rings is 2. The summed E-state index contributed by atoms with van der Waals surface area (Å²) in [5, 5.41) is 12.8. The zero-order valence-corrected chi connectivity index (χ0v) is 17.3. The number of rotatable bonds is 8. The Morgan fingerprint density at radius 2 is 1.82 bits per heavy atom. The minimum Gasteiger partial charge on any atom is -0.494 e. The van der Waals surface area contributed by atoms with Crippen LogP contribution in [0.4, 0.5) is 5.69 Å². The summed E-state index contributed by atoms with van der Waals surface area (Å²) < 4.78 is 7.38. The van der Waals surface area contributed by atoms with E-state index in [2.05, 4.69) is 15.5 Å². The quantitative estimate of drug-likeness (QED) is 0.537. The number of hydrogen-bond acceptors (Lipinski definition) is 5. The van der Waals surface area contributed by atoms with Gasteiger partial charge in [-0.1, -0.05) is 23.4 Å². The zero-order chi connectivity index (χ0) is 19.9. The molecule has 3 aromatic rings. The average molecular weight is 417 g/mol. The lowest BCUT2D eigenvalue weighted by atomic mass is 10.2. The van der Waals surface area contributed by atoms with Gasteiger partial charge in [-0.05, 0) is 62.4 Å². The largest absolute Gasteiger partial charge is 0.494 e. The van der Waals surface area contributed by atoms with Crippen LogP contribution in [0.1, 0.15) is 13.8 Å². The monoisotopic (exact) mass is 416 g/mol. The number of ether oxygens (including phenoxy) is 1. The molecule has 1 N–H and O–H groups in total. The summed E-state index contributed by atoms with van der Waals surface area (Å²) >= 11 is 7.31. The van der Waals surface area contributed by atoms with E-state index in [-0.39, 0.29) is 11.7 Å². The minimum absolute atomic E-state index is 0.104. The van der Waals surface area contributed by atoms with Gasteiger partial charge in [0.2, 0.25) is 5.91 Å². The lowest BCUT2D eigenvalue weighted by molar-refractivity contribution is -0.113. The highest BCUT2D eigenvalue weighted by Gasteiger charge is 2.14. The van der Waals surface area contributed by atoms with Crippen LogP contribution in [0, 0.1) is 0 Å². The van der Waals surface area contributed by atoms with Gasteiger partial charge in [-0.3, -0.25) is 4.79 Å². The Kier molecular flexibility index (Phi) is 6.95. The van der Waals surface area contributed by atoms with Gasteiger partial charge in [0, 0.05) is 22.8 Å². The van der Waals surface area contributed by atoms with E-state index in [4.69, 9.17) is 16.3 Å². The van der Waals surface area contributed by atoms with E-state index >= 15 is 0 Å². The van der Waals surface area contributed by atoms with Crippen LogP contribution < -0.4 is 10.1 Å². The number of nitrogens with one attached hydrogen (secondary N) is 1. The molecule has 1 heterocycles. The SMILES string of the molecule is CCOc1ccc(NC(=O)CSc2nnc(-c3ccc(Cl)cc3)n2CC)cc1. The molecule has 6 nitrogen and oxygen atoms in total. The Morgan fingerprint density at radius 3 is 2.46 bits per heavy atom. The van der Waals surface area contributed by atoms with Crippen molar-refractivity contribution in [2.45, 2.75) is 25.5 Å². The van der Waals surface area contributed by atoms with Crippen molar-refractivity contribution in [1.82, 2.24) is 14.8 Å². The van der Waals surface area contributed by atoms with Crippen molar-refractivity contribution in [3.05, 3.63) is 53.6 Å². The summed E-state index contributed by atoms with van der Waals surface area (Å²) in [6, 6.07) is 14.8. The number of carbonyl (C=O) groups is 1. The van der Waals surface area contributed by atoms with E-state index in [1.807, 2.05) is 66.9 Å². The van der Waals surface area contributed by atoms with E-state index in [9.17, 15) is 4.79 Å². The zero-order valence-electron chi connectivity index (χ0n) is 15.7. The third-order valence-electron chi connectivity index (χ3n) is 3.92. The molecule has 28 heavy (non-hydrogen) atoms. The maximum atomic E-state index is 12.3. The summed E-state index contributed by atoms with van der Waals surface area (Å²) in [5.41, 5.74) is 1.66. The second-order valence-corrected chi connectivity index (χ2v) is 7.23. The van der Waals surface area contributed by atoms with Gasteiger partial charge >= 0.3 is 0 Å². The van der Waals surface area contributed by atoms with Gasteiger partial charge in [-0.15, -0.1) is 10.2 Å². The Morgan fingerprint density at radius 1 is 1.11 bits per heavy atom. The van der Waals surface area contributed by atoms with Crippen LogP contribution in [0.5, 0.6) is 5.75 Å². The van der Waals surface area contributed by atoms with Gasteiger partial charge in [0.25, 0.3) is 0 Å². The standard InChI is InChI=1S/C20H21ClN4O2S/c1-3-25-19(14-5-7-15(21)8-6-14)23-24-20(25)28-13-18(26)22-16-9-11-17(12-10-16)27-4-2/h5-12H,3-4,13H2,1-2H3,(H,22,26). The van der Waals surface area contributed by atoms with Crippen molar-refractivity contribution in [2.24, 2.45) is 0 Å². The second kappa shape index (κ2) is 9.61. The predicted molar refractivity (Wildman–Crippen MR) is 113 cm³/mol. The molecule has 1 amide bonds. The van der Waals surface area contributed by atoms with Gasteiger partial charge in [0.15, 0.2) is 11.0 Å². The number of aromatic nitrogens is 3. The molecule has 0 saturated heterocycles. The molecule has 0 fully saturated rings. The molecule has 2 aromatic carbocycles. The topological polar surface area (TPSA) is 69.0 Å². The fourth-order valence-corrected chi connectivity index (χ4v) is 3.55. The van der Waals surface area contributed by atoms with Gasteiger partial charge in [0.05, 0.1) is 12.4 Å². The number of hydrogen-bond donors (Lipinski definition) is 1. The van der Waals surface area contributed by atoms with Crippen molar-refractivity contribution in [1.29, 1.82) is 0 Å². The van der Waals surface area contributed by atoms with E-state index < -0.39 is 0 Å². The first kappa shape index (κ1) is 20.2. The number of nitrogens with zero attached hydrogens (tertiary/aromatic N) is 3. The lowest BCUT2D eigenvalue weighted by Crippen LogP contribution is -2.14. The molecular formula is C20H21ClN4O2S. The molecule has 0 bridgehead atoms. The maximum absolute atomic E-state index is 12.3. The van der Waals surface area contributed by atoms with Crippen molar-refractivity contribution in [3.63, 3.8) is 0 Å². The van der Waals surface area contributed by atoms with Crippen molar-refractivity contribution in [2.75, 3.05) is 17.7 Å². The highest BCUT2D eigenvalue weighted by atomic mass is 35.5. The van der Waals surface area contributed by atoms with E-state index in [0.717, 1.165) is 22.8 Å². The normalized spacial score (nSPS) is 10.7. The van der Waals surface area contributed by atoms with E-state index in [0.29, 0.717) is 23.3 Å². The second-order valence-electron chi connectivity index (χ2n) is 5.85. The summed E-state index contributed by atoms with van der Waals surface area (Å²) in [6.07, 6.45) is 0. The van der Waals surface area contributed by atoms with Crippen LogP contribution in [0.25, 0.3) is 11.4 Å². The Bertz CT molecular complexity index is 926. The van der Waals surface area contributed by atoms with Crippen molar-refractivity contribution >= 4 is 35.0 Å². The molecule has 0 saturated carbocycles. The van der Waals surface area contributed by atoms with Crippen molar-refractivity contribution in [3.8, 4) is 17.1 Å². The fraction of sp³-hybridized carbons (Fsp3) is 0.250. The van der Waals surface area contributed by atoms with Gasteiger partial charge in [0.1, 0.15) is 5.75 Å². The van der Waals surface area contributed by atoms with Crippen LogP contribution in [0.2, 0.25) is 5.02 Å². The lowest BCUT2D eigenvalue weighted by Gasteiger charge is -2.08. The molecular weight excluding hydrogens is 396 g/mol. The molecule has 0 aliphatic heterocycles. The molecule has 0 aliphatic rings. The average Bonchev–Trinajstić information content (AvgIpc) is 3.11. The van der Waals surface area contributed by atoms with Crippen molar-refractivity contribution < 1.29 is 9.53 Å². The molecule has 0 atom stereocenters. The highest BCUT2D eigenvalue weighted by Crippen LogP contribution is 2.25. The first-order chi connectivity index (χ1) is 13.6. The molecule has 0 spiro atoms. The molecule has 0 radical (unpaired) electrons. The summed E-state index contributed by atoms with van der Waals surface area (Å²) in [6.45, 7) is 5.26. The molecule has 1 aromatic heterocycles. The number of thioether (sulfide) groups is 1. The summed E-state index contributed by atoms with van der Waals surface area (Å²) in [7, 11) is 0. The van der Waals surface area contributed by atoms with Crippen LogP contribution in [-0.2, 0) is 11.3 Å². The summed E-state index contributed by atoms with van der Waals surface area (Å²) in [4.78, 5) is 12.3. The smallest absolute Gasteiger partial charge is 0.234 e. The number of halogens is 1. The molecule has 146 valence electrons. The van der Waals surface area contributed by atoms with Gasteiger partial charge in [-0.2, -0.15) is 0 Å². The molecule has 0 unspecified atom stereocenters. The Labute approximate surface area is 173 Å². The molecule has 8 heteroatoms. The Hall–Kier alpha value is -2.51.